The van der Waals surface area contributed by atoms with Gasteiger partial charge in [0.15, 0.2) is 17.5 Å². The van der Waals surface area contributed by atoms with Crippen molar-refractivity contribution in [2.24, 2.45) is 0 Å². The van der Waals surface area contributed by atoms with Crippen molar-refractivity contribution in [3.63, 3.8) is 0 Å². The molecule has 12 aromatic rings. The molecule has 0 unspecified atom stereocenters. The van der Waals surface area contributed by atoms with E-state index in [2.05, 4.69) is 137 Å². The third-order valence-electron chi connectivity index (χ3n) is 10.8. The lowest BCUT2D eigenvalue weighted by Crippen LogP contribution is -2.10. The van der Waals surface area contributed by atoms with E-state index < -0.39 is 0 Å². The molecule has 0 amide bonds. The maximum atomic E-state index is 11.4. The predicted molar refractivity (Wildman–Crippen MR) is 227 cm³/mol. The zero-order valence-electron chi connectivity index (χ0n) is 28.5. The minimum Gasteiger partial charge on any atom is -0.292 e. The van der Waals surface area contributed by atoms with Gasteiger partial charge in [-0.25, -0.2) is 9.97 Å². The predicted octanol–water partition coefficient (Wildman–Crippen LogP) is 12.9. The van der Waals surface area contributed by atoms with Crippen LogP contribution in [0.5, 0.6) is 0 Å². The molecule has 0 aliphatic heterocycles. The van der Waals surface area contributed by atoms with Crippen molar-refractivity contribution in [1.29, 1.82) is 5.26 Å². The molecule has 5 nitrogen and oxygen atoms in total. The summed E-state index contributed by atoms with van der Waals surface area (Å²) >= 11 is 3.62. The van der Waals surface area contributed by atoms with Crippen LogP contribution in [-0.4, -0.2) is 19.1 Å². The molecule has 0 saturated carbocycles. The Hall–Kier alpha value is -6.85. The number of hydrogen-bond acceptors (Lipinski definition) is 5. The van der Waals surface area contributed by atoms with Crippen LogP contribution >= 0.6 is 22.7 Å². The van der Waals surface area contributed by atoms with Crippen LogP contribution in [0.1, 0.15) is 5.56 Å². The van der Waals surface area contributed by atoms with Gasteiger partial charge in [0, 0.05) is 67.5 Å². The van der Waals surface area contributed by atoms with Crippen molar-refractivity contribution < 1.29 is 0 Å². The maximum absolute atomic E-state index is 11.4. The largest absolute Gasteiger partial charge is 0.292 e. The number of thiophene rings is 2. The van der Waals surface area contributed by atoms with Crippen LogP contribution in [0.25, 0.3) is 107 Å². The summed E-state index contributed by atoms with van der Waals surface area (Å²) in [5, 5.41) is 20.7. The summed E-state index contributed by atoms with van der Waals surface area (Å²) in [6, 6.07) is 56.0. The molecule has 0 fully saturated rings. The highest BCUT2D eigenvalue weighted by atomic mass is 32.1. The topological polar surface area (TPSA) is 59.4 Å². The Labute approximate surface area is 315 Å². The number of rotatable bonds is 3. The van der Waals surface area contributed by atoms with Gasteiger partial charge in [-0.05, 0) is 48.5 Å². The summed E-state index contributed by atoms with van der Waals surface area (Å²) < 4.78 is 9.35. The molecule has 0 aliphatic rings. The molecule has 0 saturated heterocycles. The number of aromatic nitrogens is 4. The molecule has 12 rings (SSSR count). The summed E-state index contributed by atoms with van der Waals surface area (Å²) in [6.45, 7) is 0. The van der Waals surface area contributed by atoms with E-state index in [1.807, 2.05) is 53.0 Å². The smallest absolute Gasteiger partial charge is 0.164 e. The molecule has 0 radical (unpaired) electrons. The standard InChI is InChI=1S/C47H25N5S2/c48-26-36-46(51-37-18-8-4-14-28(37)32-24-43-34(22-39(32)51)30-16-6-10-20-41(30)53-43)49-45(27-12-2-1-3-13-27)50-47(36)52-38-19-9-5-15-29(38)33-25-44-35(23-40(33)52)31-17-7-11-21-42(31)54-44/h1-25H. The van der Waals surface area contributed by atoms with Crippen LogP contribution in [0.3, 0.4) is 0 Å². The normalized spacial score (nSPS) is 12.1. The van der Waals surface area contributed by atoms with Gasteiger partial charge in [-0.2, -0.15) is 5.26 Å². The number of benzene rings is 7. The molecule has 0 atom stereocenters. The van der Waals surface area contributed by atoms with E-state index in [0.29, 0.717) is 23.0 Å². The van der Waals surface area contributed by atoms with Gasteiger partial charge < -0.3 is 0 Å². The molecule has 250 valence electrons. The van der Waals surface area contributed by atoms with Crippen molar-refractivity contribution in [1.82, 2.24) is 19.1 Å². The Morgan fingerprint density at radius 3 is 1.35 bits per heavy atom. The molecule has 5 heterocycles. The zero-order chi connectivity index (χ0) is 35.5. The first-order valence-corrected chi connectivity index (χ1v) is 19.4. The van der Waals surface area contributed by atoms with Gasteiger partial charge in [-0.1, -0.05) is 103 Å². The summed E-state index contributed by atoms with van der Waals surface area (Å²) in [7, 11) is 0. The van der Waals surface area contributed by atoms with E-state index in [-0.39, 0.29) is 0 Å². The lowest BCUT2D eigenvalue weighted by Gasteiger charge is -2.16. The zero-order valence-corrected chi connectivity index (χ0v) is 30.1. The van der Waals surface area contributed by atoms with Gasteiger partial charge in [0.2, 0.25) is 0 Å². The molecule has 0 N–H and O–H groups in total. The van der Waals surface area contributed by atoms with Crippen LogP contribution < -0.4 is 0 Å². The Bertz CT molecular complexity index is 3370. The Kier molecular flexibility index (Phi) is 6.09. The van der Waals surface area contributed by atoms with Crippen LogP contribution in [0.4, 0.5) is 0 Å². The maximum Gasteiger partial charge on any atom is 0.164 e. The second kappa shape index (κ2) is 11.1. The molecule has 5 aromatic heterocycles. The molecule has 7 heteroatoms. The second-order valence-corrected chi connectivity index (χ2v) is 15.8. The molecule has 7 aromatic carbocycles. The average molecular weight is 724 g/mol. The fraction of sp³-hybridized carbons (Fsp3) is 0. The van der Waals surface area contributed by atoms with Crippen molar-refractivity contribution in [2.45, 2.75) is 0 Å². The fourth-order valence-corrected chi connectivity index (χ4v) is 10.7. The highest BCUT2D eigenvalue weighted by Crippen LogP contribution is 2.44. The molecule has 0 spiro atoms. The van der Waals surface area contributed by atoms with Crippen molar-refractivity contribution in [2.75, 3.05) is 0 Å². The van der Waals surface area contributed by atoms with Crippen LogP contribution in [-0.2, 0) is 0 Å². The van der Waals surface area contributed by atoms with Gasteiger partial charge in [-0.15, -0.1) is 22.7 Å². The van der Waals surface area contributed by atoms with Crippen LogP contribution in [0.2, 0.25) is 0 Å². The van der Waals surface area contributed by atoms with Crippen molar-refractivity contribution in [3.05, 3.63) is 157 Å². The first kappa shape index (κ1) is 29.7. The van der Waals surface area contributed by atoms with E-state index in [4.69, 9.17) is 9.97 Å². The molecule has 54 heavy (non-hydrogen) atoms. The van der Waals surface area contributed by atoms with Gasteiger partial charge >= 0.3 is 0 Å². The summed E-state index contributed by atoms with van der Waals surface area (Å²) in [5.74, 6) is 1.67. The lowest BCUT2D eigenvalue weighted by atomic mass is 10.1. The SMILES string of the molecule is N#Cc1c(-n2c3ccccc3c3cc4sc5ccccc5c4cc32)nc(-c2ccccc2)nc1-n1c2ccccc2c2cc3sc4ccccc4c3cc21. The lowest BCUT2D eigenvalue weighted by molar-refractivity contribution is 0.982. The Morgan fingerprint density at radius 1 is 0.407 bits per heavy atom. The van der Waals surface area contributed by atoms with Crippen molar-refractivity contribution >= 4 is 107 Å². The highest BCUT2D eigenvalue weighted by Gasteiger charge is 2.26. The third-order valence-corrected chi connectivity index (χ3v) is 13.0. The number of nitrogens with zero attached hydrogens (tertiary/aromatic N) is 5. The van der Waals surface area contributed by atoms with Gasteiger partial charge in [-0.3, -0.25) is 9.13 Å². The van der Waals surface area contributed by atoms with Crippen LogP contribution in [0, 0.1) is 11.3 Å². The van der Waals surface area contributed by atoms with Gasteiger partial charge in [0.05, 0.1) is 22.1 Å². The second-order valence-electron chi connectivity index (χ2n) is 13.7. The molecule has 0 aliphatic carbocycles. The summed E-state index contributed by atoms with van der Waals surface area (Å²) in [5.41, 5.74) is 5.27. The monoisotopic (exact) mass is 723 g/mol. The minimum absolute atomic E-state index is 0.408. The molecule has 0 bridgehead atoms. The quantitative estimate of drug-likeness (QED) is 0.182. The average Bonchev–Trinajstić information content (AvgIpc) is 3.96. The first-order valence-electron chi connectivity index (χ1n) is 17.8. The van der Waals surface area contributed by atoms with Crippen LogP contribution in [0.15, 0.2) is 152 Å². The molecular weight excluding hydrogens is 699 g/mol. The number of hydrogen-bond donors (Lipinski definition) is 0. The van der Waals surface area contributed by atoms with E-state index in [1.54, 1.807) is 0 Å². The number of nitriles is 1. The van der Waals surface area contributed by atoms with E-state index in [0.717, 1.165) is 49.2 Å². The third kappa shape index (κ3) is 4.06. The van der Waals surface area contributed by atoms with Gasteiger partial charge in [0.25, 0.3) is 0 Å². The van der Waals surface area contributed by atoms with E-state index >= 15 is 0 Å². The summed E-state index contributed by atoms with van der Waals surface area (Å²) in [4.78, 5) is 10.6. The Balaban J connectivity index is 1.25. The number of para-hydroxylation sites is 2. The number of fused-ring (bicyclic) bond motifs is 12. The summed E-state index contributed by atoms with van der Waals surface area (Å²) in [6.07, 6.45) is 0. The van der Waals surface area contributed by atoms with Crippen molar-refractivity contribution in [3.8, 4) is 29.1 Å². The molecular formula is C47H25N5S2. The highest BCUT2D eigenvalue weighted by molar-refractivity contribution is 7.26. The Morgan fingerprint density at radius 2 is 0.852 bits per heavy atom. The first-order chi connectivity index (χ1) is 26.7. The fourth-order valence-electron chi connectivity index (χ4n) is 8.41. The minimum atomic E-state index is 0.408. The van der Waals surface area contributed by atoms with E-state index in [9.17, 15) is 5.26 Å². The van der Waals surface area contributed by atoms with Gasteiger partial charge in [0.1, 0.15) is 11.6 Å². The van der Waals surface area contributed by atoms with E-state index in [1.165, 1.54) is 40.3 Å².